The van der Waals surface area contributed by atoms with Gasteiger partial charge in [0.05, 0.1) is 32.7 Å². The molecule has 1 atom stereocenters. The third-order valence-electron chi connectivity index (χ3n) is 5.66. The van der Waals surface area contributed by atoms with Crippen LogP contribution in [0.3, 0.4) is 0 Å². The number of methoxy groups -OCH3 is 3. The molecular weight excluding hydrogens is 356 g/mol. The van der Waals surface area contributed by atoms with E-state index in [9.17, 15) is 4.91 Å². The monoisotopic (exact) mass is 380 g/mol. The molecule has 0 N–H and O–H groups in total. The molecule has 1 heterocycles. The van der Waals surface area contributed by atoms with Crippen LogP contribution in [0.4, 0.5) is 0 Å². The van der Waals surface area contributed by atoms with Crippen LogP contribution in [0.15, 0.2) is 41.7 Å². The molecule has 1 unspecified atom stereocenters. The van der Waals surface area contributed by atoms with E-state index in [-0.39, 0.29) is 6.04 Å². The molecule has 0 aromatic heterocycles. The molecule has 6 nitrogen and oxygen atoms in total. The summed E-state index contributed by atoms with van der Waals surface area (Å²) in [4.78, 5) is 11.2. The predicted molar refractivity (Wildman–Crippen MR) is 110 cm³/mol. The van der Waals surface area contributed by atoms with E-state index in [1.54, 1.807) is 26.3 Å². The Hall–Kier alpha value is -3.02. The van der Waals surface area contributed by atoms with Crippen LogP contribution in [0, 0.1) is 4.91 Å². The molecule has 1 saturated heterocycles. The summed E-state index contributed by atoms with van der Waals surface area (Å²) in [5.41, 5.74) is 1.18. The molecule has 3 aromatic carbocycles. The summed E-state index contributed by atoms with van der Waals surface area (Å²) in [5, 5.41) is 9.27. The van der Waals surface area contributed by atoms with E-state index in [4.69, 9.17) is 14.2 Å². The maximum absolute atomic E-state index is 11.2. The number of benzene rings is 3. The third-order valence-corrected chi connectivity index (χ3v) is 5.66. The number of nitroso groups, excluding NO2 is 1. The van der Waals surface area contributed by atoms with Crippen LogP contribution in [-0.4, -0.2) is 38.9 Å². The Bertz CT molecular complexity index is 1030. The lowest BCUT2D eigenvalue weighted by atomic mass is 9.92. The normalized spacial score (nSPS) is 16.5. The van der Waals surface area contributed by atoms with Gasteiger partial charge < -0.3 is 14.2 Å². The van der Waals surface area contributed by atoms with Crippen LogP contribution in [0.2, 0.25) is 0 Å². The smallest absolute Gasteiger partial charge is 0.161 e. The van der Waals surface area contributed by atoms with Crippen LogP contribution < -0.4 is 14.2 Å². The summed E-state index contributed by atoms with van der Waals surface area (Å²) >= 11 is 0. The summed E-state index contributed by atoms with van der Waals surface area (Å²) in [6, 6.07) is 12.4. The minimum Gasteiger partial charge on any atom is -0.497 e. The van der Waals surface area contributed by atoms with Gasteiger partial charge in [-0.2, -0.15) is 0 Å². The first-order valence-electron chi connectivity index (χ1n) is 9.43. The first-order valence-corrected chi connectivity index (χ1v) is 9.43. The van der Waals surface area contributed by atoms with E-state index in [2.05, 4.69) is 17.4 Å². The highest BCUT2D eigenvalue weighted by Crippen LogP contribution is 2.39. The van der Waals surface area contributed by atoms with Gasteiger partial charge in [0.2, 0.25) is 0 Å². The van der Waals surface area contributed by atoms with E-state index in [1.165, 1.54) is 5.56 Å². The topological polar surface area (TPSA) is 60.4 Å². The van der Waals surface area contributed by atoms with Crippen molar-refractivity contribution in [3.05, 3.63) is 46.9 Å². The van der Waals surface area contributed by atoms with Gasteiger partial charge in [-0.3, -0.25) is 5.01 Å². The molecule has 0 bridgehead atoms. The van der Waals surface area contributed by atoms with Gasteiger partial charge in [-0.05, 0) is 70.6 Å². The Labute approximate surface area is 163 Å². The molecule has 0 spiro atoms. The second-order valence-electron chi connectivity index (χ2n) is 7.12. The minimum atomic E-state index is 0.129. The van der Waals surface area contributed by atoms with Crippen LogP contribution in [-0.2, 0) is 6.42 Å². The summed E-state index contributed by atoms with van der Waals surface area (Å²) in [5.74, 6) is 2.19. The molecule has 1 fully saturated rings. The Morgan fingerprint density at radius 1 is 0.964 bits per heavy atom. The second-order valence-corrected chi connectivity index (χ2v) is 7.12. The summed E-state index contributed by atoms with van der Waals surface area (Å²) in [6.07, 6.45) is 2.73. The highest BCUT2D eigenvalue weighted by Gasteiger charge is 2.26. The van der Waals surface area contributed by atoms with Crippen LogP contribution in [0.1, 0.15) is 18.4 Å². The fraction of sp³-hybridized carbons (Fsp3) is 0.364. The fourth-order valence-electron chi connectivity index (χ4n) is 4.21. The van der Waals surface area contributed by atoms with Crippen molar-refractivity contribution in [3.63, 3.8) is 0 Å². The van der Waals surface area contributed by atoms with Gasteiger partial charge >= 0.3 is 0 Å². The highest BCUT2D eigenvalue weighted by molar-refractivity contribution is 6.10. The SMILES string of the molecule is COc1ccc2cc(CC3CCCN3N=O)c3cc(OC)c(OC)cc3c2c1. The molecular formula is C22H24N2O4. The quantitative estimate of drug-likeness (QED) is 0.458. The van der Waals surface area contributed by atoms with Gasteiger partial charge in [-0.15, -0.1) is 4.91 Å². The van der Waals surface area contributed by atoms with Crippen LogP contribution in [0.5, 0.6) is 17.2 Å². The van der Waals surface area contributed by atoms with Crippen molar-refractivity contribution < 1.29 is 14.2 Å². The molecule has 1 aliphatic rings. The molecule has 0 aliphatic carbocycles. The number of ether oxygens (including phenoxy) is 3. The Kier molecular flexibility index (Phi) is 4.94. The summed E-state index contributed by atoms with van der Waals surface area (Å²) in [7, 11) is 4.95. The number of hydrogen-bond donors (Lipinski definition) is 0. The lowest BCUT2D eigenvalue weighted by Gasteiger charge is -2.20. The Balaban J connectivity index is 1.95. The zero-order valence-electron chi connectivity index (χ0n) is 16.4. The number of hydrogen-bond acceptors (Lipinski definition) is 5. The highest BCUT2D eigenvalue weighted by atomic mass is 16.5. The average molecular weight is 380 g/mol. The van der Waals surface area contributed by atoms with Gasteiger partial charge in [0.1, 0.15) is 5.75 Å². The molecule has 146 valence electrons. The third kappa shape index (κ3) is 3.09. The molecule has 3 aromatic rings. The van der Waals surface area contributed by atoms with Crippen LogP contribution in [0.25, 0.3) is 21.5 Å². The van der Waals surface area contributed by atoms with E-state index in [0.717, 1.165) is 53.1 Å². The first-order chi connectivity index (χ1) is 13.7. The Morgan fingerprint density at radius 3 is 2.39 bits per heavy atom. The molecule has 6 heteroatoms. The van der Waals surface area contributed by atoms with Crippen molar-refractivity contribution in [1.29, 1.82) is 0 Å². The number of rotatable bonds is 6. The van der Waals surface area contributed by atoms with Crippen molar-refractivity contribution in [2.45, 2.75) is 25.3 Å². The molecule has 4 rings (SSSR count). The van der Waals surface area contributed by atoms with E-state index in [0.29, 0.717) is 11.5 Å². The van der Waals surface area contributed by atoms with E-state index in [1.807, 2.05) is 24.3 Å². The summed E-state index contributed by atoms with van der Waals surface area (Å²) < 4.78 is 16.5. The molecule has 0 amide bonds. The van der Waals surface area contributed by atoms with Gasteiger partial charge in [0, 0.05) is 6.54 Å². The fourth-order valence-corrected chi connectivity index (χ4v) is 4.21. The zero-order valence-corrected chi connectivity index (χ0v) is 16.4. The number of fused-ring (bicyclic) bond motifs is 3. The van der Waals surface area contributed by atoms with Crippen molar-refractivity contribution in [1.82, 2.24) is 5.01 Å². The van der Waals surface area contributed by atoms with Gasteiger partial charge in [-0.1, -0.05) is 12.1 Å². The van der Waals surface area contributed by atoms with E-state index >= 15 is 0 Å². The van der Waals surface area contributed by atoms with Crippen molar-refractivity contribution in [3.8, 4) is 17.2 Å². The van der Waals surface area contributed by atoms with E-state index < -0.39 is 0 Å². The van der Waals surface area contributed by atoms with Gasteiger partial charge in [0.15, 0.2) is 11.5 Å². The van der Waals surface area contributed by atoms with Gasteiger partial charge in [-0.25, -0.2) is 0 Å². The summed E-state index contributed by atoms with van der Waals surface area (Å²) in [6.45, 7) is 0.730. The lowest BCUT2D eigenvalue weighted by molar-refractivity contribution is 0.262. The molecule has 0 saturated carbocycles. The molecule has 0 radical (unpaired) electrons. The Morgan fingerprint density at radius 2 is 1.71 bits per heavy atom. The predicted octanol–water partition coefficient (Wildman–Crippen LogP) is 4.71. The lowest BCUT2D eigenvalue weighted by Crippen LogP contribution is -2.25. The standard InChI is InChI=1S/C22H24N2O4/c1-26-17-7-6-14-9-15(10-16-5-4-8-24(16)23-25)19-12-21(27-2)22(28-3)13-20(19)18(14)11-17/h6-7,9,11-13,16H,4-5,8,10H2,1-3H3. The van der Waals surface area contributed by atoms with Crippen molar-refractivity contribution in [2.24, 2.45) is 5.29 Å². The molecule has 28 heavy (non-hydrogen) atoms. The van der Waals surface area contributed by atoms with Crippen molar-refractivity contribution in [2.75, 3.05) is 27.9 Å². The maximum Gasteiger partial charge on any atom is 0.161 e. The van der Waals surface area contributed by atoms with Gasteiger partial charge in [0.25, 0.3) is 0 Å². The van der Waals surface area contributed by atoms with Crippen molar-refractivity contribution >= 4 is 21.5 Å². The molecule has 1 aliphatic heterocycles. The second kappa shape index (κ2) is 7.54. The first kappa shape index (κ1) is 18.3. The maximum atomic E-state index is 11.2. The number of nitrogens with zero attached hydrogens (tertiary/aromatic N) is 2. The zero-order chi connectivity index (χ0) is 19.7. The minimum absolute atomic E-state index is 0.129. The average Bonchev–Trinajstić information content (AvgIpc) is 3.19. The largest absolute Gasteiger partial charge is 0.497 e. The van der Waals surface area contributed by atoms with Crippen LogP contribution >= 0.6 is 0 Å².